The summed E-state index contributed by atoms with van der Waals surface area (Å²) in [6, 6.07) is 0. The van der Waals surface area contributed by atoms with Gasteiger partial charge in [0.2, 0.25) is 0 Å². The van der Waals surface area contributed by atoms with Gasteiger partial charge in [0.15, 0.2) is 0 Å². The Morgan fingerprint density at radius 1 is 1.38 bits per heavy atom. The Morgan fingerprint density at radius 3 is 2.31 bits per heavy atom. The summed E-state index contributed by atoms with van der Waals surface area (Å²) in [6.07, 6.45) is 1.98. The van der Waals surface area contributed by atoms with Gasteiger partial charge in [-0.05, 0) is 12.8 Å². The van der Waals surface area contributed by atoms with Crippen LogP contribution >= 0.6 is 0 Å². The van der Waals surface area contributed by atoms with E-state index in [4.69, 9.17) is 9.66 Å². The first kappa shape index (κ1) is 16.3. The van der Waals surface area contributed by atoms with Crippen LogP contribution in [-0.4, -0.2) is 29.9 Å². The summed E-state index contributed by atoms with van der Waals surface area (Å²) in [4.78, 5) is 0. The van der Waals surface area contributed by atoms with Gasteiger partial charge < -0.3 is 6.53 Å². The zero-order valence-electron chi connectivity index (χ0n) is 9.23. The van der Waals surface area contributed by atoms with Crippen LogP contribution in [0.5, 0.6) is 0 Å². The predicted octanol–water partition coefficient (Wildman–Crippen LogP) is -2.07. The van der Waals surface area contributed by atoms with Crippen molar-refractivity contribution in [3.05, 3.63) is 0 Å². The summed E-state index contributed by atoms with van der Waals surface area (Å²) in [5, 5.41) is 9.17. The van der Waals surface area contributed by atoms with E-state index >= 15 is 0 Å². The van der Waals surface area contributed by atoms with E-state index in [1.54, 1.807) is 0 Å². The van der Waals surface area contributed by atoms with Crippen LogP contribution in [0.25, 0.3) is 0 Å². The van der Waals surface area contributed by atoms with Crippen molar-refractivity contribution < 1.29 is 49.1 Å². The molecule has 0 aromatic rings. The van der Waals surface area contributed by atoms with E-state index in [0.717, 1.165) is 12.8 Å². The van der Waals surface area contributed by atoms with Gasteiger partial charge >= 0.3 is 29.6 Å². The van der Waals surface area contributed by atoms with Crippen LogP contribution < -0.4 is 29.6 Å². The van der Waals surface area contributed by atoms with E-state index in [2.05, 4.69) is 0 Å². The minimum Gasteiger partial charge on any atom is -1.00 e. The van der Waals surface area contributed by atoms with Crippen molar-refractivity contribution in [2.45, 2.75) is 38.7 Å². The van der Waals surface area contributed by atoms with Crippen molar-refractivity contribution in [2.24, 2.45) is 0 Å². The molecule has 0 bridgehead atoms. The largest absolute Gasteiger partial charge is 1.00 e. The van der Waals surface area contributed by atoms with Gasteiger partial charge in [0, 0.05) is 0 Å². The molecule has 2 N–H and O–H groups in total. The van der Waals surface area contributed by atoms with Crippen LogP contribution in [-0.2, 0) is 10.1 Å². The topological polar surface area (TPSA) is 74.6 Å². The van der Waals surface area contributed by atoms with Crippen molar-refractivity contribution in [1.82, 2.24) is 0 Å². The fourth-order valence-corrected chi connectivity index (χ4v) is 1.44. The third-order valence-corrected chi connectivity index (χ3v) is 2.35. The van der Waals surface area contributed by atoms with Gasteiger partial charge in [0.1, 0.15) is 0 Å². The van der Waals surface area contributed by atoms with Crippen LogP contribution in [0.2, 0.25) is 0 Å². The maximum absolute atomic E-state index is 10.3. The number of aliphatic hydroxyl groups excluding tert-OH is 1. The maximum atomic E-state index is 10.3. The Labute approximate surface area is 103 Å². The predicted molar refractivity (Wildman–Crippen MR) is 47.7 cm³/mol. The number of aliphatic hydroxyl groups is 1. The molecule has 1 atom stereocenters. The molecular formula is C7H17NaO4S. The molecule has 0 saturated carbocycles. The van der Waals surface area contributed by atoms with E-state index in [1.165, 1.54) is 0 Å². The summed E-state index contributed by atoms with van der Waals surface area (Å²) in [5.74, 6) is -0.349. The molecular weight excluding hydrogens is 203 g/mol. The monoisotopic (exact) mass is 220 g/mol. The van der Waals surface area contributed by atoms with Crippen molar-refractivity contribution in [3.8, 4) is 0 Å². The van der Waals surface area contributed by atoms with Crippen LogP contribution in [0.4, 0.5) is 0 Å². The molecule has 0 amide bonds. The standard InChI is InChI=1S/C7H16O4S.Na.H/c1-2-3-4-7(8)5-6-12(9,10)11;;/h7-8H,2-6H2,1H3,(H,9,10,11);;/q;+1;-1. The van der Waals surface area contributed by atoms with Crippen LogP contribution in [0.15, 0.2) is 0 Å². The fourth-order valence-electron chi connectivity index (χ4n) is 0.869. The zero-order valence-corrected chi connectivity index (χ0v) is 11.0. The average Bonchev–Trinajstić information content (AvgIpc) is 1.95. The fraction of sp³-hybridized carbons (Fsp3) is 1.00. The summed E-state index contributed by atoms with van der Waals surface area (Å²) in [6.45, 7) is 2.00. The first-order valence-electron chi connectivity index (χ1n) is 4.09. The van der Waals surface area contributed by atoms with E-state index in [9.17, 15) is 8.42 Å². The molecule has 0 aliphatic carbocycles. The van der Waals surface area contributed by atoms with Gasteiger partial charge in [-0.1, -0.05) is 19.8 Å². The number of hydrogen-bond donors (Lipinski definition) is 2. The Bertz CT molecular complexity index is 208. The second kappa shape index (κ2) is 8.20. The molecule has 0 aromatic carbocycles. The van der Waals surface area contributed by atoms with E-state index < -0.39 is 16.2 Å². The molecule has 0 radical (unpaired) electrons. The second-order valence-electron chi connectivity index (χ2n) is 2.87. The van der Waals surface area contributed by atoms with Gasteiger partial charge in [-0.2, -0.15) is 8.42 Å². The molecule has 13 heavy (non-hydrogen) atoms. The summed E-state index contributed by atoms with van der Waals surface area (Å²) >= 11 is 0. The quantitative estimate of drug-likeness (QED) is 0.398. The number of rotatable bonds is 6. The van der Waals surface area contributed by atoms with E-state index in [1.807, 2.05) is 6.92 Å². The minimum atomic E-state index is -3.90. The number of hydrogen-bond acceptors (Lipinski definition) is 3. The molecule has 0 fully saturated rings. The third kappa shape index (κ3) is 12.9. The molecule has 1 unspecified atom stereocenters. The SMILES string of the molecule is CCCCC(O)CCS(=O)(=O)O.[H-].[Na+]. The van der Waals surface area contributed by atoms with Crippen molar-refractivity contribution in [3.63, 3.8) is 0 Å². The van der Waals surface area contributed by atoms with Gasteiger partial charge in [-0.25, -0.2) is 0 Å². The van der Waals surface area contributed by atoms with Crippen molar-refractivity contribution >= 4 is 10.1 Å². The third-order valence-electron chi connectivity index (χ3n) is 1.60. The summed E-state index contributed by atoms with van der Waals surface area (Å²) in [5.41, 5.74) is 0. The Hall–Kier alpha value is 0.870. The molecule has 6 heteroatoms. The molecule has 4 nitrogen and oxygen atoms in total. The average molecular weight is 220 g/mol. The molecule has 76 valence electrons. The zero-order chi connectivity index (χ0) is 9.61. The minimum absolute atomic E-state index is 0. The Balaban J connectivity index is -0.000000605. The summed E-state index contributed by atoms with van der Waals surface area (Å²) < 4.78 is 28.9. The van der Waals surface area contributed by atoms with Gasteiger partial charge in [-0.15, -0.1) is 0 Å². The Morgan fingerprint density at radius 2 is 1.92 bits per heavy atom. The molecule has 0 aliphatic rings. The first-order chi connectivity index (χ1) is 5.45. The van der Waals surface area contributed by atoms with E-state index in [-0.39, 0.29) is 43.2 Å². The molecule has 0 rings (SSSR count). The van der Waals surface area contributed by atoms with Crippen LogP contribution in [0.1, 0.15) is 34.0 Å². The number of unbranched alkanes of at least 4 members (excludes halogenated alkanes) is 1. The second-order valence-corrected chi connectivity index (χ2v) is 4.44. The van der Waals surface area contributed by atoms with Crippen LogP contribution in [0.3, 0.4) is 0 Å². The normalized spacial score (nSPS) is 13.5. The first-order valence-corrected chi connectivity index (χ1v) is 5.70. The summed E-state index contributed by atoms with van der Waals surface area (Å²) in [7, 11) is -3.90. The maximum Gasteiger partial charge on any atom is 1.00 e. The molecule has 0 aliphatic heterocycles. The van der Waals surface area contributed by atoms with Crippen molar-refractivity contribution in [1.29, 1.82) is 0 Å². The van der Waals surface area contributed by atoms with E-state index in [0.29, 0.717) is 6.42 Å². The smallest absolute Gasteiger partial charge is 1.00 e. The van der Waals surface area contributed by atoms with Crippen molar-refractivity contribution in [2.75, 3.05) is 5.75 Å². The van der Waals surface area contributed by atoms with Gasteiger partial charge in [-0.3, -0.25) is 4.55 Å². The van der Waals surface area contributed by atoms with Gasteiger partial charge in [0.25, 0.3) is 10.1 Å². The molecule has 0 aromatic heterocycles. The van der Waals surface area contributed by atoms with Gasteiger partial charge in [0.05, 0.1) is 11.9 Å². The Kier molecular flexibility index (Phi) is 10.3. The molecule has 0 saturated heterocycles. The molecule has 0 heterocycles. The van der Waals surface area contributed by atoms with Crippen LogP contribution in [0, 0.1) is 0 Å². The molecule has 0 spiro atoms.